The number of hydrogen-bond donors (Lipinski definition) is 0. The van der Waals surface area contributed by atoms with Crippen LogP contribution in [0.5, 0.6) is 0 Å². The normalized spacial score (nSPS) is 30.2. The fourth-order valence-corrected chi connectivity index (χ4v) is 15.1. The van der Waals surface area contributed by atoms with E-state index in [0.717, 1.165) is 91.8 Å². The predicted molar refractivity (Wildman–Crippen MR) is 369 cm³/mol. The third-order valence-corrected chi connectivity index (χ3v) is 22.4. The molecule has 0 N–H and O–H groups in total. The number of nitriles is 6. The fraction of sp³-hybridized carbons (Fsp3) is 0.800. The topological polar surface area (TPSA) is 143 Å². The molecule has 0 saturated heterocycles. The van der Waals surface area contributed by atoms with Crippen LogP contribution >= 0.6 is 0 Å². The molecular weight excluding hydrogens is 1040 g/mol. The Hall–Kier alpha value is -4.36. The van der Waals surface area contributed by atoms with E-state index in [4.69, 9.17) is 31.6 Å². The third-order valence-electron chi connectivity index (χ3n) is 22.4. The Kier molecular flexibility index (Phi) is 35.7. The van der Waals surface area contributed by atoms with E-state index in [9.17, 15) is 0 Å². The number of allylic oxidation sites excluding steroid dienone is 9. The predicted octanol–water partition coefficient (Wildman–Crippen LogP) is 24.9. The van der Waals surface area contributed by atoms with E-state index in [0.29, 0.717) is 22.7 Å². The van der Waals surface area contributed by atoms with Gasteiger partial charge in [-0.05, 0) is 211 Å². The molecule has 0 amide bonds. The second kappa shape index (κ2) is 37.6. The van der Waals surface area contributed by atoms with Crippen molar-refractivity contribution in [3.8, 4) is 36.4 Å². The van der Waals surface area contributed by atoms with Crippen LogP contribution in [0.2, 0.25) is 0 Å². The van der Waals surface area contributed by atoms with E-state index in [2.05, 4.69) is 215 Å². The molecule has 7 aliphatic rings. The van der Waals surface area contributed by atoms with Crippen molar-refractivity contribution in [2.75, 3.05) is 0 Å². The van der Waals surface area contributed by atoms with Crippen LogP contribution in [0.4, 0.5) is 0 Å². The van der Waals surface area contributed by atoms with Crippen molar-refractivity contribution >= 4 is 0 Å². The molecule has 0 heterocycles. The lowest BCUT2D eigenvalue weighted by Crippen LogP contribution is -2.32. The first kappa shape index (κ1) is 81.6. The van der Waals surface area contributed by atoms with Crippen LogP contribution in [-0.2, 0) is 0 Å². The van der Waals surface area contributed by atoms with Crippen LogP contribution in [0.1, 0.15) is 314 Å². The molecule has 0 bridgehead atoms. The zero-order chi connectivity index (χ0) is 66.7. The first-order chi connectivity index (χ1) is 39.6. The minimum atomic E-state index is 0.0799. The van der Waals surface area contributed by atoms with E-state index in [1.807, 2.05) is 13.0 Å². The maximum absolute atomic E-state index is 8.95. The highest BCUT2D eigenvalue weighted by molar-refractivity contribution is 5.34. The molecule has 86 heavy (non-hydrogen) atoms. The molecule has 6 heteroatoms. The average Bonchev–Trinajstić information content (AvgIpc) is 3.46. The van der Waals surface area contributed by atoms with Crippen LogP contribution in [-0.4, -0.2) is 0 Å². The lowest BCUT2D eigenvalue weighted by Gasteiger charge is -2.40. The van der Waals surface area contributed by atoms with Gasteiger partial charge in [0.15, 0.2) is 0 Å². The van der Waals surface area contributed by atoms with Crippen LogP contribution in [0.15, 0.2) is 58.2 Å². The minimum Gasteiger partial charge on any atom is -0.198 e. The molecule has 0 aromatic rings. The highest BCUT2D eigenvalue weighted by atomic mass is 14.5. The standard InChI is InChI=1S/2C10H17N.4C10H15N.2C10H20/c5*1-8-5-4-6-10(2,3)9(8)7-11;1-9(2)5-4-6-10(3)7-8-11;2*1-8-6-5-7-10(3,4)9(8)2/h2*8-9H,4-6H2,1-3H3;4-6H2,1-3H3;5,9H,4,6H2,1-3H3;9H,1,4-6H2,2-3H3;5,7H,4,6H2,1-3H3;2*8-9H,5-7H2,1-4H3/b;;;;;10-7+;;/t8-,9+;8-,9-;;;;;8-,9+;8-,9-/m00....00/s1. The molecule has 0 radical (unpaired) electrons. The van der Waals surface area contributed by atoms with Crippen molar-refractivity contribution in [3.63, 3.8) is 0 Å². The van der Waals surface area contributed by atoms with Gasteiger partial charge in [-0.1, -0.05) is 224 Å². The zero-order valence-electron chi connectivity index (χ0n) is 61.0. The summed E-state index contributed by atoms with van der Waals surface area (Å²) >= 11 is 0. The molecule has 484 valence electrons. The maximum atomic E-state index is 8.95. The largest absolute Gasteiger partial charge is 0.198 e. The van der Waals surface area contributed by atoms with E-state index in [1.165, 1.54) is 107 Å². The highest BCUT2D eigenvalue weighted by Gasteiger charge is 2.39. The molecule has 7 aliphatic carbocycles. The van der Waals surface area contributed by atoms with Gasteiger partial charge < -0.3 is 0 Å². The molecule has 5 fully saturated rings. The summed E-state index contributed by atoms with van der Waals surface area (Å²) in [5.74, 6) is 5.70. The summed E-state index contributed by atoms with van der Waals surface area (Å²) < 4.78 is 0. The molecule has 0 aliphatic heterocycles. The second-order valence-corrected chi connectivity index (χ2v) is 33.3. The van der Waals surface area contributed by atoms with Gasteiger partial charge in [0.2, 0.25) is 0 Å². The number of nitrogens with zero attached hydrogens (tertiary/aromatic N) is 6. The van der Waals surface area contributed by atoms with Crippen LogP contribution in [0.25, 0.3) is 0 Å². The molecule has 10 atom stereocenters. The van der Waals surface area contributed by atoms with E-state index < -0.39 is 0 Å². The van der Waals surface area contributed by atoms with Gasteiger partial charge in [0.25, 0.3) is 0 Å². The van der Waals surface area contributed by atoms with Crippen molar-refractivity contribution in [3.05, 3.63) is 58.2 Å². The summed E-state index contributed by atoms with van der Waals surface area (Å²) in [6, 6.07) is 14.0. The Morgan fingerprint density at radius 3 is 1.17 bits per heavy atom. The van der Waals surface area contributed by atoms with Crippen molar-refractivity contribution < 1.29 is 0 Å². The molecule has 0 spiro atoms. The molecule has 2 unspecified atom stereocenters. The molecule has 7 rings (SSSR count). The summed E-state index contributed by atoms with van der Waals surface area (Å²) in [5.41, 5.74) is 9.41. The van der Waals surface area contributed by atoms with Crippen molar-refractivity contribution in [1.82, 2.24) is 0 Å². The van der Waals surface area contributed by atoms with E-state index >= 15 is 0 Å². The van der Waals surface area contributed by atoms with Gasteiger partial charge in [-0.2, -0.15) is 31.6 Å². The van der Waals surface area contributed by atoms with Crippen molar-refractivity contribution in [1.29, 1.82) is 31.6 Å². The summed E-state index contributed by atoms with van der Waals surface area (Å²) in [7, 11) is 0. The lowest BCUT2D eigenvalue weighted by atomic mass is 9.65. The smallest absolute Gasteiger partial charge is 0.0952 e. The highest BCUT2D eigenvalue weighted by Crippen LogP contribution is 2.47. The van der Waals surface area contributed by atoms with Gasteiger partial charge in [0, 0.05) is 11.6 Å². The van der Waals surface area contributed by atoms with E-state index in [-0.39, 0.29) is 50.7 Å². The Morgan fingerprint density at radius 2 is 0.895 bits per heavy atom. The molecule has 5 saturated carbocycles. The first-order valence-electron chi connectivity index (χ1n) is 34.3. The quantitative estimate of drug-likeness (QED) is 0.203. The fourth-order valence-electron chi connectivity index (χ4n) is 15.1. The third kappa shape index (κ3) is 27.6. The maximum Gasteiger partial charge on any atom is 0.0952 e. The molecule has 0 aromatic heterocycles. The summed E-state index contributed by atoms with van der Waals surface area (Å²) in [5, 5.41) is 52.9. The van der Waals surface area contributed by atoms with Gasteiger partial charge in [-0.25, -0.2) is 0 Å². The molecule has 0 aromatic carbocycles. The van der Waals surface area contributed by atoms with Crippen LogP contribution < -0.4 is 0 Å². The zero-order valence-corrected chi connectivity index (χ0v) is 61.0. The van der Waals surface area contributed by atoms with Crippen molar-refractivity contribution in [2.45, 2.75) is 314 Å². The average molecular weight is 1180 g/mol. The lowest BCUT2D eigenvalue weighted by molar-refractivity contribution is 0.0995. The Labute approximate surface area is 534 Å². The number of rotatable bonds is 3. The minimum absolute atomic E-state index is 0.0799. The molecule has 6 nitrogen and oxygen atoms in total. The Bertz CT molecular complexity index is 2380. The van der Waals surface area contributed by atoms with Gasteiger partial charge in [-0.15, -0.1) is 0 Å². The van der Waals surface area contributed by atoms with Gasteiger partial charge in [0.1, 0.15) is 0 Å². The van der Waals surface area contributed by atoms with Gasteiger partial charge >= 0.3 is 0 Å². The first-order valence-corrected chi connectivity index (χ1v) is 34.3. The van der Waals surface area contributed by atoms with Crippen molar-refractivity contribution in [2.24, 2.45) is 97.1 Å². The molecular formula is C80H134N6. The Morgan fingerprint density at radius 1 is 0.500 bits per heavy atom. The monoisotopic (exact) mass is 1180 g/mol. The van der Waals surface area contributed by atoms with Gasteiger partial charge in [-0.3, -0.25) is 0 Å². The second-order valence-electron chi connectivity index (χ2n) is 33.3. The SMILES string of the molecule is C=C1CCCC(C)(C)C1C#N.CC(C)=CCC/C(C)=C/C#N.CC1=C(C#N)C(C)(C)CCC1.CC1=CCCC(C)(C)C1C#N.C[C@@H]1[C@@H](C)CCCC1(C)C.C[C@H]1CCCC(C)(C)[C@@H]1C#N.C[C@H]1CCCC(C)(C)[C@H]1C.C[C@H]1CCCC(C)(C)[C@H]1C#N. The van der Waals surface area contributed by atoms with E-state index in [1.54, 1.807) is 6.08 Å². The number of hydrogen-bond acceptors (Lipinski definition) is 6. The van der Waals surface area contributed by atoms with Crippen LogP contribution in [0, 0.1) is 165 Å². The van der Waals surface area contributed by atoms with Crippen LogP contribution in [0.3, 0.4) is 0 Å². The van der Waals surface area contributed by atoms with Gasteiger partial charge in [0.05, 0.1) is 60.1 Å². The summed E-state index contributed by atoms with van der Waals surface area (Å²) in [6.45, 7) is 59.8. The summed E-state index contributed by atoms with van der Waals surface area (Å²) in [6.07, 6.45) is 33.4. The summed E-state index contributed by atoms with van der Waals surface area (Å²) in [4.78, 5) is 0. The Balaban J connectivity index is 0.000000960.